The highest BCUT2D eigenvalue weighted by Gasteiger charge is 2.42. The van der Waals surface area contributed by atoms with Crippen LogP contribution in [-0.2, 0) is 22.7 Å². The van der Waals surface area contributed by atoms with E-state index in [2.05, 4.69) is 47.3 Å². The summed E-state index contributed by atoms with van der Waals surface area (Å²) in [6.45, 7) is 1.02. The SMILES string of the molecule is CN1c2ccccc2N(Cc2ccccc2)C(=O)C2CCCC21.O=CCn1cnc2ccccc21. The molecule has 6 rings (SSSR count). The third kappa shape index (κ3) is 4.56. The molecule has 35 heavy (non-hydrogen) atoms. The third-order valence-corrected chi connectivity index (χ3v) is 7.09. The minimum Gasteiger partial charge on any atom is -0.369 e. The second-order valence-corrected chi connectivity index (χ2v) is 9.17. The lowest BCUT2D eigenvalue weighted by Crippen LogP contribution is -2.40. The summed E-state index contributed by atoms with van der Waals surface area (Å²) in [5.74, 6) is 0.407. The van der Waals surface area contributed by atoms with Crippen molar-refractivity contribution in [3.8, 4) is 0 Å². The van der Waals surface area contributed by atoms with E-state index in [0.717, 1.165) is 42.3 Å². The number of aldehydes is 1. The zero-order chi connectivity index (χ0) is 24.2. The Labute approximate surface area is 205 Å². The van der Waals surface area contributed by atoms with Crippen molar-refractivity contribution in [1.29, 1.82) is 0 Å². The number of para-hydroxylation sites is 4. The van der Waals surface area contributed by atoms with Crippen molar-refractivity contribution in [1.82, 2.24) is 9.55 Å². The van der Waals surface area contributed by atoms with E-state index in [1.165, 1.54) is 11.3 Å². The molecule has 2 heterocycles. The molecule has 6 heteroatoms. The number of hydrogen-bond donors (Lipinski definition) is 0. The Hall–Kier alpha value is -3.93. The van der Waals surface area contributed by atoms with Crippen LogP contribution in [0.5, 0.6) is 0 Å². The van der Waals surface area contributed by atoms with Gasteiger partial charge in [-0.25, -0.2) is 4.98 Å². The molecule has 1 saturated carbocycles. The van der Waals surface area contributed by atoms with Gasteiger partial charge in [0.25, 0.3) is 0 Å². The van der Waals surface area contributed by atoms with Gasteiger partial charge in [0, 0.05) is 13.1 Å². The van der Waals surface area contributed by atoms with Crippen LogP contribution in [0, 0.1) is 5.92 Å². The second-order valence-electron chi connectivity index (χ2n) is 9.17. The topological polar surface area (TPSA) is 58.4 Å². The maximum Gasteiger partial charge on any atom is 0.232 e. The molecule has 0 saturated heterocycles. The summed E-state index contributed by atoms with van der Waals surface area (Å²) in [7, 11) is 2.14. The summed E-state index contributed by atoms with van der Waals surface area (Å²) >= 11 is 0. The lowest BCUT2D eigenvalue weighted by atomic mass is 10.0. The highest BCUT2D eigenvalue weighted by atomic mass is 16.2. The minimum atomic E-state index is 0.121. The lowest BCUT2D eigenvalue weighted by molar-refractivity contribution is -0.122. The van der Waals surface area contributed by atoms with Crippen molar-refractivity contribution in [3.05, 3.63) is 90.8 Å². The molecule has 3 aromatic carbocycles. The van der Waals surface area contributed by atoms with Crippen LogP contribution in [0.2, 0.25) is 0 Å². The van der Waals surface area contributed by atoms with Crippen LogP contribution in [-0.4, -0.2) is 34.8 Å². The second kappa shape index (κ2) is 10.1. The average molecular weight is 467 g/mol. The molecule has 6 nitrogen and oxygen atoms in total. The number of aromatic nitrogens is 2. The molecule has 2 atom stereocenters. The van der Waals surface area contributed by atoms with Crippen molar-refractivity contribution in [2.45, 2.75) is 38.4 Å². The van der Waals surface area contributed by atoms with Gasteiger partial charge >= 0.3 is 0 Å². The Balaban J connectivity index is 0.000000178. The van der Waals surface area contributed by atoms with Crippen LogP contribution in [0.4, 0.5) is 11.4 Å². The van der Waals surface area contributed by atoms with Crippen molar-refractivity contribution < 1.29 is 9.59 Å². The zero-order valence-corrected chi connectivity index (χ0v) is 20.0. The summed E-state index contributed by atoms with van der Waals surface area (Å²) in [6, 6.07) is 26.7. The monoisotopic (exact) mass is 466 g/mol. The van der Waals surface area contributed by atoms with Crippen LogP contribution in [0.15, 0.2) is 85.2 Å². The van der Waals surface area contributed by atoms with E-state index in [4.69, 9.17) is 0 Å². The van der Waals surface area contributed by atoms with Crippen molar-refractivity contribution >= 4 is 34.6 Å². The summed E-state index contributed by atoms with van der Waals surface area (Å²) < 4.78 is 1.82. The molecular formula is C29H30N4O2. The van der Waals surface area contributed by atoms with E-state index < -0.39 is 0 Å². The number of carbonyl (C=O) groups is 2. The molecule has 2 aliphatic rings. The normalized spacial score (nSPS) is 18.9. The molecule has 2 unspecified atom stereocenters. The highest BCUT2D eigenvalue weighted by molar-refractivity contribution is 6.00. The molecule has 1 amide bonds. The molecular weight excluding hydrogens is 436 g/mol. The Morgan fingerprint density at radius 2 is 1.63 bits per heavy atom. The summed E-state index contributed by atoms with van der Waals surface area (Å²) in [6.07, 6.45) is 5.81. The van der Waals surface area contributed by atoms with Gasteiger partial charge in [0.15, 0.2) is 0 Å². The molecule has 178 valence electrons. The number of hydrogen-bond acceptors (Lipinski definition) is 4. The van der Waals surface area contributed by atoms with E-state index in [9.17, 15) is 9.59 Å². The zero-order valence-electron chi connectivity index (χ0n) is 20.0. The molecule has 1 fully saturated rings. The van der Waals surface area contributed by atoms with Gasteiger partial charge in [-0.1, -0.05) is 61.0 Å². The first-order chi connectivity index (χ1) is 17.2. The highest BCUT2D eigenvalue weighted by Crippen LogP contribution is 2.42. The predicted octanol–water partition coefficient (Wildman–Crippen LogP) is 5.07. The predicted molar refractivity (Wildman–Crippen MR) is 139 cm³/mol. The van der Waals surface area contributed by atoms with Gasteiger partial charge < -0.3 is 19.2 Å². The number of nitrogens with zero attached hydrogens (tertiary/aromatic N) is 4. The number of anilines is 2. The molecule has 0 bridgehead atoms. The molecule has 0 N–H and O–H groups in total. The number of benzene rings is 3. The first-order valence-electron chi connectivity index (χ1n) is 12.2. The molecule has 0 radical (unpaired) electrons. The Kier molecular flexibility index (Phi) is 6.62. The van der Waals surface area contributed by atoms with E-state index in [1.54, 1.807) is 6.33 Å². The Morgan fingerprint density at radius 1 is 0.914 bits per heavy atom. The molecule has 4 aromatic rings. The van der Waals surface area contributed by atoms with Crippen LogP contribution < -0.4 is 9.80 Å². The lowest BCUT2D eigenvalue weighted by Gasteiger charge is -2.28. The fourth-order valence-electron chi connectivity index (χ4n) is 5.35. The summed E-state index contributed by atoms with van der Waals surface area (Å²) in [4.78, 5) is 32.0. The van der Waals surface area contributed by atoms with Crippen LogP contribution >= 0.6 is 0 Å². The largest absolute Gasteiger partial charge is 0.369 e. The fourth-order valence-corrected chi connectivity index (χ4v) is 5.35. The van der Waals surface area contributed by atoms with Gasteiger partial charge in [0.2, 0.25) is 5.91 Å². The summed E-state index contributed by atoms with van der Waals surface area (Å²) in [5, 5.41) is 0. The number of rotatable bonds is 4. The fraction of sp³-hybridized carbons (Fsp3) is 0.276. The quantitative estimate of drug-likeness (QED) is 0.394. The molecule has 1 aromatic heterocycles. The number of carbonyl (C=O) groups excluding carboxylic acids is 2. The van der Waals surface area contributed by atoms with Gasteiger partial charge in [0.05, 0.1) is 47.7 Å². The van der Waals surface area contributed by atoms with Gasteiger partial charge in [-0.05, 0) is 42.7 Å². The molecule has 0 spiro atoms. The maximum atomic E-state index is 13.2. The first-order valence-corrected chi connectivity index (χ1v) is 12.2. The standard InChI is InChI=1S/C20H22N2O.C9H8N2O/c1-21-17-13-7-10-16(17)20(23)22(14-15-8-3-2-4-9-15)19-12-6-5-11-18(19)21;12-6-5-11-7-10-8-3-1-2-4-9(8)11/h2-6,8-9,11-12,16-17H,7,10,13-14H2,1H3;1-4,6-7H,5H2. The van der Waals surface area contributed by atoms with Crippen LogP contribution in [0.3, 0.4) is 0 Å². The first kappa shape index (κ1) is 22.8. The van der Waals surface area contributed by atoms with Gasteiger partial charge in [-0.15, -0.1) is 0 Å². The molecule has 1 aliphatic carbocycles. The minimum absolute atomic E-state index is 0.121. The average Bonchev–Trinajstić information content (AvgIpc) is 3.54. The van der Waals surface area contributed by atoms with E-state index in [1.807, 2.05) is 58.0 Å². The number of fused-ring (bicyclic) bond motifs is 3. The van der Waals surface area contributed by atoms with Crippen LogP contribution in [0.1, 0.15) is 24.8 Å². The Morgan fingerprint density at radius 3 is 2.43 bits per heavy atom. The van der Waals surface area contributed by atoms with E-state index in [0.29, 0.717) is 19.1 Å². The van der Waals surface area contributed by atoms with Crippen LogP contribution in [0.25, 0.3) is 11.0 Å². The smallest absolute Gasteiger partial charge is 0.232 e. The maximum absolute atomic E-state index is 13.2. The van der Waals surface area contributed by atoms with Gasteiger partial charge in [-0.2, -0.15) is 0 Å². The number of imidazole rings is 1. The third-order valence-electron chi connectivity index (χ3n) is 7.09. The molecule has 1 aliphatic heterocycles. The number of amides is 1. The van der Waals surface area contributed by atoms with Gasteiger partial charge in [0.1, 0.15) is 6.29 Å². The van der Waals surface area contributed by atoms with Crippen molar-refractivity contribution in [2.24, 2.45) is 5.92 Å². The Bertz CT molecular complexity index is 1320. The van der Waals surface area contributed by atoms with Gasteiger partial charge in [-0.3, -0.25) is 4.79 Å². The van der Waals surface area contributed by atoms with E-state index >= 15 is 0 Å². The van der Waals surface area contributed by atoms with Crippen molar-refractivity contribution in [2.75, 3.05) is 16.8 Å². The van der Waals surface area contributed by atoms with Crippen molar-refractivity contribution in [3.63, 3.8) is 0 Å². The van der Waals surface area contributed by atoms with E-state index in [-0.39, 0.29) is 11.8 Å². The summed E-state index contributed by atoms with van der Waals surface area (Å²) in [5.41, 5.74) is 5.32.